The zero-order valence-corrected chi connectivity index (χ0v) is 24.0. The summed E-state index contributed by atoms with van der Waals surface area (Å²) in [5, 5.41) is 3.73. The Hall–Kier alpha value is -2.98. The number of esters is 1. The van der Waals surface area contributed by atoms with Crippen molar-refractivity contribution in [2.45, 2.75) is 76.0 Å². The molecule has 1 aromatic carbocycles. The summed E-state index contributed by atoms with van der Waals surface area (Å²) in [7, 11) is 3.04. The maximum atomic E-state index is 14.0. The number of carbonyl (C=O) groups is 3. The fraction of sp³-hybridized carbons (Fsp3) is 0.645. The molecule has 0 spiro atoms. The number of nitrogens with one attached hydrogen (secondary N) is 1. The number of nitrogens with zero attached hydrogens (tertiary/aromatic N) is 1. The van der Waals surface area contributed by atoms with Crippen LogP contribution in [0.25, 0.3) is 11.0 Å². The van der Waals surface area contributed by atoms with Gasteiger partial charge in [0.05, 0.1) is 13.2 Å². The number of hydrogen-bond acceptors (Lipinski definition) is 7. The van der Waals surface area contributed by atoms with Gasteiger partial charge < -0.3 is 29.8 Å². The first-order valence-electron chi connectivity index (χ1n) is 14.9. The van der Waals surface area contributed by atoms with Gasteiger partial charge in [-0.2, -0.15) is 0 Å². The molecule has 10 heteroatoms. The van der Waals surface area contributed by atoms with Crippen molar-refractivity contribution in [1.82, 2.24) is 4.90 Å². The number of halogens is 1. The number of amides is 2. The van der Waals surface area contributed by atoms with E-state index in [0.717, 1.165) is 44.9 Å². The molecule has 3 atom stereocenters. The van der Waals surface area contributed by atoms with Crippen LogP contribution in [0, 0.1) is 23.7 Å². The largest absolute Gasteiger partial charge is 0.463 e. The van der Waals surface area contributed by atoms with Crippen LogP contribution in [0.2, 0.25) is 0 Å². The number of benzene rings is 1. The fourth-order valence-electron chi connectivity index (χ4n) is 7.34. The number of alkyl halides is 1. The number of hydrogen-bond donors (Lipinski definition) is 2. The Morgan fingerprint density at radius 2 is 1.78 bits per heavy atom. The predicted molar refractivity (Wildman–Crippen MR) is 152 cm³/mol. The summed E-state index contributed by atoms with van der Waals surface area (Å²) in [6.45, 7) is 0.0121. The summed E-state index contributed by atoms with van der Waals surface area (Å²) in [5.41, 5.74) is 7.03. The Morgan fingerprint density at radius 1 is 1.05 bits per heavy atom. The SMILES string of the molecule is COC(=O)c1cc2cc(NC(=O)[C@@H]3[C@H](C4CCC(OC)CC4)CCN3C(=O)[C@H]3CC[C@H]([C@H](N)CF)CC3)ccc2o1. The van der Waals surface area contributed by atoms with Crippen molar-refractivity contribution in [2.75, 3.05) is 32.8 Å². The predicted octanol–water partition coefficient (Wildman–Crippen LogP) is 4.68. The summed E-state index contributed by atoms with van der Waals surface area (Å²) in [4.78, 5) is 41.6. The molecule has 0 radical (unpaired) electrons. The zero-order chi connectivity index (χ0) is 29.1. The van der Waals surface area contributed by atoms with Gasteiger partial charge in [0, 0.05) is 36.7 Å². The first-order valence-corrected chi connectivity index (χ1v) is 14.9. The lowest BCUT2D eigenvalue weighted by Crippen LogP contribution is -2.50. The standard InChI is InChI=1S/C31H42FN3O6/c1-39-23-10-7-18(8-11-23)24-13-14-35(30(37)20-5-3-19(4-6-20)25(33)17-32)28(24)29(36)34-22-9-12-26-21(15-22)16-27(41-26)31(38)40-2/h9,12,15-16,18-20,23-25,28H,3-8,10-11,13-14,17,33H2,1-2H3,(H,34,36)/t18?,19-,20-,23?,24-,25+,28-/m0/s1. The number of furan rings is 1. The maximum absolute atomic E-state index is 14.0. The Kier molecular flexibility index (Phi) is 9.28. The van der Waals surface area contributed by atoms with Gasteiger partial charge in [0.1, 0.15) is 18.3 Å². The van der Waals surface area contributed by atoms with Crippen molar-refractivity contribution in [3.8, 4) is 0 Å². The minimum Gasteiger partial charge on any atom is -0.463 e. The van der Waals surface area contributed by atoms with Crippen LogP contribution in [-0.4, -0.2) is 68.3 Å². The van der Waals surface area contributed by atoms with Gasteiger partial charge in [-0.15, -0.1) is 0 Å². The highest BCUT2D eigenvalue weighted by Crippen LogP contribution is 2.42. The first-order chi connectivity index (χ1) is 19.8. The van der Waals surface area contributed by atoms with Crippen LogP contribution in [-0.2, 0) is 19.1 Å². The molecule has 5 rings (SSSR count). The van der Waals surface area contributed by atoms with E-state index in [9.17, 15) is 18.8 Å². The lowest BCUT2D eigenvalue weighted by Gasteiger charge is -2.37. The molecular formula is C31H42FN3O6. The highest BCUT2D eigenvalue weighted by atomic mass is 19.1. The summed E-state index contributed by atoms with van der Waals surface area (Å²) in [6, 6.07) is 5.75. The summed E-state index contributed by atoms with van der Waals surface area (Å²) < 4.78 is 29.0. The third kappa shape index (κ3) is 6.28. The van der Waals surface area contributed by atoms with Crippen molar-refractivity contribution in [1.29, 1.82) is 0 Å². The number of nitrogens with two attached hydrogens (primary N) is 1. The van der Waals surface area contributed by atoms with E-state index in [1.165, 1.54) is 7.11 Å². The van der Waals surface area contributed by atoms with Crippen LogP contribution in [0.5, 0.6) is 0 Å². The molecule has 3 fully saturated rings. The minimum atomic E-state index is -0.571. The van der Waals surface area contributed by atoms with E-state index in [1.54, 1.807) is 31.4 Å². The van der Waals surface area contributed by atoms with E-state index in [2.05, 4.69) is 5.32 Å². The smallest absolute Gasteiger partial charge is 0.373 e. The van der Waals surface area contributed by atoms with Gasteiger partial charge in [-0.25, -0.2) is 9.18 Å². The van der Waals surface area contributed by atoms with Crippen molar-refractivity contribution in [3.05, 3.63) is 30.0 Å². The molecule has 2 amide bonds. The van der Waals surface area contributed by atoms with Crippen LogP contribution in [0.1, 0.15) is 68.3 Å². The molecule has 2 heterocycles. The number of likely N-dealkylation sites (tertiary alicyclic amines) is 1. The molecule has 224 valence electrons. The van der Waals surface area contributed by atoms with Crippen LogP contribution >= 0.6 is 0 Å². The van der Waals surface area contributed by atoms with Gasteiger partial charge in [-0.05, 0) is 99.8 Å². The molecule has 1 aromatic heterocycles. The van der Waals surface area contributed by atoms with Crippen LogP contribution in [0.3, 0.4) is 0 Å². The Bertz CT molecular complexity index is 1230. The number of carbonyl (C=O) groups excluding carboxylic acids is 3. The second-order valence-corrected chi connectivity index (χ2v) is 12.0. The average Bonchev–Trinajstić information content (AvgIpc) is 3.65. The highest BCUT2D eigenvalue weighted by molar-refractivity contribution is 6.00. The Morgan fingerprint density at radius 3 is 2.44 bits per heavy atom. The van der Waals surface area contributed by atoms with Crippen molar-refractivity contribution < 1.29 is 32.7 Å². The lowest BCUT2D eigenvalue weighted by molar-refractivity contribution is -0.142. The number of rotatable bonds is 8. The molecule has 3 aliphatic rings. The summed E-state index contributed by atoms with van der Waals surface area (Å²) in [6.07, 6.45) is 7.70. The zero-order valence-electron chi connectivity index (χ0n) is 24.0. The van der Waals surface area contributed by atoms with Crippen LogP contribution < -0.4 is 11.1 Å². The van der Waals surface area contributed by atoms with Gasteiger partial charge in [0.15, 0.2) is 0 Å². The molecule has 2 aliphatic carbocycles. The van der Waals surface area contributed by atoms with Gasteiger partial charge in [0.25, 0.3) is 0 Å². The molecule has 1 saturated heterocycles. The molecule has 2 aromatic rings. The maximum Gasteiger partial charge on any atom is 0.373 e. The van der Waals surface area contributed by atoms with E-state index in [-0.39, 0.29) is 41.4 Å². The number of methoxy groups -OCH3 is 2. The van der Waals surface area contributed by atoms with E-state index in [1.807, 2.05) is 4.90 Å². The van der Waals surface area contributed by atoms with Crippen molar-refractivity contribution >= 4 is 34.4 Å². The van der Waals surface area contributed by atoms with Crippen LogP contribution in [0.15, 0.2) is 28.7 Å². The van der Waals surface area contributed by atoms with E-state index >= 15 is 0 Å². The van der Waals surface area contributed by atoms with Gasteiger partial charge in [-0.1, -0.05) is 0 Å². The summed E-state index contributed by atoms with van der Waals surface area (Å²) in [5.74, 6) is -0.314. The average molecular weight is 572 g/mol. The highest BCUT2D eigenvalue weighted by Gasteiger charge is 2.47. The Balaban J connectivity index is 1.34. The van der Waals surface area contributed by atoms with E-state index in [0.29, 0.717) is 42.0 Å². The van der Waals surface area contributed by atoms with Crippen molar-refractivity contribution in [2.24, 2.45) is 29.4 Å². The normalized spacial score (nSPS) is 29.3. The second kappa shape index (κ2) is 12.9. The monoisotopic (exact) mass is 571 g/mol. The quantitative estimate of drug-likeness (QED) is 0.441. The van der Waals surface area contributed by atoms with Gasteiger partial charge in [0.2, 0.25) is 17.6 Å². The number of anilines is 1. The van der Waals surface area contributed by atoms with Crippen LogP contribution in [0.4, 0.5) is 10.1 Å². The molecule has 0 unspecified atom stereocenters. The van der Waals surface area contributed by atoms with E-state index in [4.69, 9.17) is 19.6 Å². The molecule has 3 N–H and O–H groups in total. The minimum absolute atomic E-state index is 0.0264. The second-order valence-electron chi connectivity index (χ2n) is 12.0. The molecule has 0 bridgehead atoms. The molecular weight excluding hydrogens is 529 g/mol. The third-order valence-corrected chi connectivity index (χ3v) is 9.73. The van der Waals surface area contributed by atoms with Gasteiger partial charge >= 0.3 is 5.97 Å². The number of ether oxygens (including phenoxy) is 2. The summed E-state index contributed by atoms with van der Waals surface area (Å²) >= 11 is 0. The molecule has 1 aliphatic heterocycles. The lowest BCUT2D eigenvalue weighted by atomic mass is 9.75. The topological polar surface area (TPSA) is 124 Å². The molecule has 41 heavy (non-hydrogen) atoms. The van der Waals surface area contributed by atoms with Crippen molar-refractivity contribution in [3.63, 3.8) is 0 Å². The fourth-order valence-corrected chi connectivity index (χ4v) is 7.34. The van der Waals surface area contributed by atoms with E-state index < -0.39 is 24.7 Å². The first kappa shape index (κ1) is 29.5. The third-order valence-electron chi connectivity index (χ3n) is 9.73. The molecule has 2 saturated carbocycles. The molecule has 9 nitrogen and oxygen atoms in total. The van der Waals surface area contributed by atoms with Gasteiger partial charge in [-0.3, -0.25) is 9.59 Å². The Labute approximate surface area is 240 Å². The number of fused-ring (bicyclic) bond motifs is 1.